The number of fused-ring (bicyclic) bond motifs is 1. The quantitative estimate of drug-likeness (QED) is 0.713. The van der Waals surface area contributed by atoms with Gasteiger partial charge in [-0.05, 0) is 42.8 Å². The third-order valence-corrected chi connectivity index (χ3v) is 5.07. The zero-order chi connectivity index (χ0) is 13.7. The molecule has 1 aliphatic heterocycles. The average Bonchev–Trinajstić information content (AvgIpc) is 2.63. The number of hydrogen-bond donors (Lipinski definition) is 1. The van der Waals surface area contributed by atoms with Gasteiger partial charge < -0.3 is 5.11 Å². The third-order valence-electron chi connectivity index (χ3n) is 3.75. The van der Waals surface area contributed by atoms with E-state index in [9.17, 15) is 9.90 Å². The predicted molar refractivity (Wildman–Crippen MR) is 77.3 cm³/mol. The first-order chi connectivity index (χ1) is 8.22. The molecule has 1 aromatic carbocycles. The minimum absolute atomic E-state index is 0.0602. The van der Waals surface area contributed by atoms with Crippen molar-refractivity contribution < 1.29 is 9.90 Å². The van der Waals surface area contributed by atoms with Crippen molar-refractivity contribution in [2.24, 2.45) is 0 Å². The van der Waals surface area contributed by atoms with E-state index in [4.69, 9.17) is 11.6 Å². The van der Waals surface area contributed by atoms with Crippen LogP contribution < -0.4 is 4.48 Å². The molecule has 0 radical (unpaired) electrons. The number of quaternary nitrogens is 1. The Labute approximate surface area is 120 Å². The van der Waals surface area contributed by atoms with Crippen LogP contribution in [0.1, 0.15) is 26.3 Å². The lowest BCUT2D eigenvalue weighted by molar-refractivity contribution is 0.109. The molecule has 2 rings (SSSR count). The SMILES string of the molecule is CC(C)(C)[N+]1(C(=O)O)CCc2c1ccc(Br)c2Cl. The van der Waals surface area contributed by atoms with Gasteiger partial charge in [0.15, 0.2) is 0 Å². The summed E-state index contributed by atoms with van der Waals surface area (Å²) >= 11 is 9.66. The third kappa shape index (κ3) is 1.70. The summed E-state index contributed by atoms with van der Waals surface area (Å²) in [6.07, 6.45) is -0.128. The summed E-state index contributed by atoms with van der Waals surface area (Å²) in [5.74, 6) is 0. The highest BCUT2D eigenvalue weighted by molar-refractivity contribution is 9.10. The number of hydrogen-bond acceptors (Lipinski definition) is 1. The summed E-state index contributed by atoms with van der Waals surface area (Å²) in [5.41, 5.74) is 1.35. The molecule has 1 N–H and O–H groups in total. The van der Waals surface area contributed by atoms with Gasteiger partial charge in [0.1, 0.15) is 11.2 Å². The molecule has 1 amide bonds. The molecule has 1 aliphatic rings. The Kier molecular flexibility index (Phi) is 3.24. The van der Waals surface area contributed by atoms with Crippen molar-refractivity contribution >= 4 is 39.3 Å². The summed E-state index contributed by atoms with van der Waals surface area (Å²) in [7, 11) is 0. The van der Waals surface area contributed by atoms with Gasteiger partial charge in [0.2, 0.25) is 0 Å². The number of halogens is 2. The van der Waals surface area contributed by atoms with Gasteiger partial charge in [-0.1, -0.05) is 11.6 Å². The summed E-state index contributed by atoms with van der Waals surface area (Å²) in [4.78, 5) is 11.8. The van der Waals surface area contributed by atoms with Crippen LogP contribution in [0.4, 0.5) is 10.5 Å². The van der Waals surface area contributed by atoms with E-state index < -0.39 is 11.6 Å². The molecule has 1 atom stereocenters. The first-order valence-corrected chi connectivity index (χ1v) is 6.98. The minimum Gasteiger partial charge on any atom is -0.435 e. The van der Waals surface area contributed by atoms with Crippen LogP contribution in [0.5, 0.6) is 0 Å². The number of carboxylic acid groups (broad SMARTS) is 1. The first kappa shape index (κ1) is 13.8. The van der Waals surface area contributed by atoms with Crippen LogP contribution in [-0.2, 0) is 6.42 Å². The fourth-order valence-corrected chi connectivity index (χ4v) is 3.39. The van der Waals surface area contributed by atoms with Gasteiger partial charge in [-0.15, -0.1) is 0 Å². The lowest BCUT2D eigenvalue weighted by Gasteiger charge is -2.40. The van der Waals surface area contributed by atoms with Gasteiger partial charge in [-0.3, -0.25) is 0 Å². The number of amides is 1. The molecule has 1 heterocycles. The second-order valence-corrected chi connectivity index (χ2v) is 6.83. The van der Waals surface area contributed by atoms with Crippen LogP contribution in [0, 0.1) is 0 Å². The normalized spacial score (nSPS) is 22.9. The van der Waals surface area contributed by atoms with Crippen LogP contribution >= 0.6 is 27.5 Å². The van der Waals surface area contributed by atoms with Gasteiger partial charge >= 0.3 is 6.09 Å². The monoisotopic (exact) mass is 332 g/mol. The first-order valence-electron chi connectivity index (χ1n) is 5.81. The molecule has 0 bridgehead atoms. The van der Waals surface area contributed by atoms with Crippen molar-refractivity contribution in [3.05, 3.63) is 27.2 Å². The Hall–Kier alpha value is -0.580. The fourth-order valence-electron chi connectivity index (χ4n) is 2.76. The summed E-state index contributed by atoms with van der Waals surface area (Å²) in [6, 6.07) is 3.70. The summed E-state index contributed by atoms with van der Waals surface area (Å²) in [5, 5.41) is 10.4. The van der Waals surface area contributed by atoms with E-state index in [2.05, 4.69) is 15.9 Å². The summed E-state index contributed by atoms with van der Waals surface area (Å²) in [6.45, 7) is 6.40. The maximum absolute atomic E-state index is 11.8. The zero-order valence-electron chi connectivity index (χ0n) is 10.6. The van der Waals surface area contributed by atoms with Crippen molar-refractivity contribution in [3.63, 3.8) is 0 Å². The van der Waals surface area contributed by atoms with E-state index in [1.165, 1.54) is 0 Å². The van der Waals surface area contributed by atoms with Gasteiger partial charge in [-0.2, -0.15) is 9.28 Å². The predicted octanol–water partition coefficient (Wildman–Crippen LogP) is 4.44. The molecule has 0 spiro atoms. The van der Waals surface area contributed by atoms with Gasteiger partial charge in [0.25, 0.3) is 0 Å². The zero-order valence-corrected chi connectivity index (χ0v) is 13.0. The molecule has 1 unspecified atom stereocenters. The molecule has 1 aromatic rings. The lowest BCUT2D eigenvalue weighted by Crippen LogP contribution is -2.63. The largest absolute Gasteiger partial charge is 0.519 e. The molecule has 0 aromatic heterocycles. The Morgan fingerprint density at radius 1 is 1.44 bits per heavy atom. The molecular weight excluding hydrogens is 318 g/mol. The van der Waals surface area contributed by atoms with Crippen molar-refractivity contribution in [2.75, 3.05) is 6.54 Å². The highest BCUT2D eigenvalue weighted by Gasteiger charge is 2.54. The maximum atomic E-state index is 11.8. The Morgan fingerprint density at radius 2 is 2.06 bits per heavy atom. The number of rotatable bonds is 0. The summed E-state index contributed by atoms with van der Waals surface area (Å²) < 4.78 is 0.761. The highest BCUT2D eigenvalue weighted by atomic mass is 79.9. The van der Waals surface area contributed by atoms with Crippen molar-refractivity contribution in [1.82, 2.24) is 4.48 Å². The molecule has 0 saturated heterocycles. The second-order valence-electron chi connectivity index (χ2n) is 5.60. The van der Waals surface area contributed by atoms with Crippen molar-refractivity contribution in [1.29, 1.82) is 0 Å². The van der Waals surface area contributed by atoms with Crippen LogP contribution in [0.15, 0.2) is 16.6 Å². The molecule has 0 aliphatic carbocycles. The molecule has 18 heavy (non-hydrogen) atoms. The van der Waals surface area contributed by atoms with Gasteiger partial charge in [0, 0.05) is 22.5 Å². The molecule has 3 nitrogen and oxygen atoms in total. The Morgan fingerprint density at radius 3 is 2.56 bits per heavy atom. The van der Waals surface area contributed by atoms with E-state index in [0.717, 1.165) is 15.7 Å². The van der Waals surface area contributed by atoms with Gasteiger partial charge in [-0.25, -0.2) is 0 Å². The lowest BCUT2D eigenvalue weighted by atomic mass is 10.0. The van der Waals surface area contributed by atoms with E-state index in [-0.39, 0.29) is 4.48 Å². The van der Waals surface area contributed by atoms with Crippen LogP contribution in [-0.4, -0.2) is 23.3 Å². The van der Waals surface area contributed by atoms with Crippen LogP contribution in [0.3, 0.4) is 0 Å². The standard InChI is InChI=1S/C13H15BrClNO2/c1-13(2,3)16(12(17)18)7-6-8-10(16)5-4-9(14)11(8)15/h4-5H,6-7H2,1-3H3/p+1. The van der Waals surface area contributed by atoms with E-state index in [1.54, 1.807) is 0 Å². The Balaban J connectivity index is 2.73. The molecule has 5 heteroatoms. The highest BCUT2D eigenvalue weighted by Crippen LogP contribution is 2.46. The minimum atomic E-state index is -0.820. The number of benzene rings is 1. The van der Waals surface area contributed by atoms with E-state index in [1.807, 2.05) is 32.9 Å². The van der Waals surface area contributed by atoms with Crippen LogP contribution in [0.2, 0.25) is 5.02 Å². The topological polar surface area (TPSA) is 37.3 Å². The smallest absolute Gasteiger partial charge is 0.435 e. The second kappa shape index (κ2) is 4.22. The molecule has 0 saturated carbocycles. The van der Waals surface area contributed by atoms with E-state index >= 15 is 0 Å². The van der Waals surface area contributed by atoms with E-state index in [0.29, 0.717) is 18.0 Å². The number of nitrogens with zero attached hydrogens (tertiary/aromatic N) is 1. The van der Waals surface area contributed by atoms with Gasteiger partial charge in [0.05, 0.1) is 11.6 Å². The van der Waals surface area contributed by atoms with Crippen molar-refractivity contribution in [3.8, 4) is 0 Å². The molecule has 0 fully saturated rings. The maximum Gasteiger partial charge on any atom is 0.519 e. The molecule has 98 valence electrons. The van der Waals surface area contributed by atoms with Crippen molar-refractivity contribution in [2.45, 2.75) is 32.7 Å². The number of carbonyl (C=O) groups is 1. The Bertz CT molecular complexity index is 524. The average molecular weight is 334 g/mol. The molecular formula is C13H16BrClNO2+. The fraction of sp³-hybridized carbons (Fsp3) is 0.462. The van der Waals surface area contributed by atoms with Crippen LogP contribution in [0.25, 0.3) is 0 Å².